The third kappa shape index (κ3) is 5.91. The van der Waals surface area contributed by atoms with Gasteiger partial charge in [0.2, 0.25) is 0 Å². The van der Waals surface area contributed by atoms with Crippen LogP contribution in [-0.2, 0) is 20.1 Å². The van der Waals surface area contributed by atoms with Gasteiger partial charge in [-0.25, -0.2) is 0 Å². The van der Waals surface area contributed by atoms with Crippen molar-refractivity contribution in [3.63, 3.8) is 0 Å². The maximum absolute atomic E-state index is 12.1. The number of amides is 1. The van der Waals surface area contributed by atoms with E-state index in [1.807, 2.05) is 48.9 Å². The highest BCUT2D eigenvalue weighted by Gasteiger charge is 2.10. The summed E-state index contributed by atoms with van der Waals surface area (Å²) in [6.07, 6.45) is 0.909. The van der Waals surface area contributed by atoms with Gasteiger partial charge in [-0.15, -0.1) is 0 Å². The van der Waals surface area contributed by atoms with Crippen molar-refractivity contribution in [2.45, 2.75) is 26.4 Å². The van der Waals surface area contributed by atoms with Gasteiger partial charge in [0.15, 0.2) is 5.96 Å². The third-order valence-electron chi connectivity index (χ3n) is 4.06. The number of nitrogens with one attached hydrogen (secondary N) is 3. The molecule has 1 aromatic heterocycles. The lowest BCUT2D eigenvalue weighted by Gasteiger charge is -2.13. The zero-order valence-corrected chi connectivity index (χ0v) is 17.3. The van der Waals surface area contributed by atoms with E-state index < -0.39 is 0 Å². The Morgan fingerprint density at radius 2 is 1.89 bits per heavy atom. The van der Waals surface area contributed by atoms with Crippen LogP contribution in [0.25, 0.3) is 0 Å². The van der Waals surface area contributed by atoms with Crippen LogP contribution in [0.3, 0.4) is 0 Å². The van der Waals surface area contributed by atoms with Crippen molar-refractivity contribution < 1.29 is 4.79 Å². The van der Waals surface area contributed by atoms with Crippen LogP contribution in [0.4, 0.5) is 0 Å². The van der Waals surface area contributed by atoms with Crippen LogP contribution in [0.2, 0.25) is 10.2 Å². The fourth-order valence-corrected chi connectivity index (χ4v) is 2.92. The summed E-state index contributed by atoms with van der Waals surface area (Å²) in [4.78, 5) is 16.3. The molecule has 1 heterocycles. The van der Waals surface area contributed by atoms with E-state index in [-0.39, 0.29) is 5.91 Å². The summed E-state index contributed by atoms with van der Waals surface area (Å²) in [5, 5.41) is 10.4. The molecule has 0 radical (unpaired) electrons. The van der Waals surface area contributed by atoms with E-state index in [0.717, 1.165) is 17.7 Å². The molecule has 1 amide bonds. The molecule has 1 aromatic carbocycles. The lowest BCUT2D eigenvalue weighted by atomic mass is 10.1. The average Bonchev–Trinajstić information content (AvgIpc) is 2.93. The lowest BCUT2D eigenvalue weighted by Crippen LogP contribution is -2.36. The van der Waals surface area contributed by atoms with Crippen LogP contribution in [0.15, 0.2) is 35.3 Å². The Kier molecular flexibility index (Phi) is 8.00. The van der Waals surface area contributed by atoms with Gasteiger partial charge in [-0.2, -0.15) is 0 Å². The smallest absolute Gasteiger partial charge is 0.251 e. The monoisotopic (exact) mass is 409 g/mol. The van der Waals surface area contributed by atoms with Crippen molar-refractivity contribution in [1.29, 1.82) is 0 Å². The number of guanidine groups is 1. The maximum Gasteiger partial charge on any atom is 0.251 e. The van der Waals surface area contributed by atoms with Crippen molar-refractivity contribution in [2.75, 3.05) is 13.6 Å². The van der Waals surface area contributed by atoms with Crippen LogP contribution in [-0.4, -0.2) is 30.0 Å². The average molecular weight is 410 g/mol. The molecule has 0 bridgehead atoms. The minimum absolute atomic E-state index is 0.0568. The number of carbonyl (C=O) groups excluding carboxylic acids is 1. The largest absolute Gasteiger partial charge is 0.352 e. The summed E-state index contributed by atoms with van der Waals surface area (Å²) in [6.45, 7) is 3.77. The number of aromatic nitrogens is 1. The highest BCUT2D eigenvalue weighted by atomic mass is 35.5. The van der Waals surface area contributed by atoms with Crippen molar-refractivity contribution in [2.24, 2.45) is 12.0 Å². The van der Waals surface area contributed by atoms with Crippen LogP contribution >= 0.6 is 23.2 Å². The van der Waals surface area contributed by atoms with Crippen LogP contribution < -0.4 is 16.0 Å². The molecule has 0 spiro atoms. The van der Waals surface area contributed by atoms with E-state index in [1.165, 1.54) is 0 Å². The van der Waals surface area contributed by atoms with Crippen molar-refractivity contribution >= 4 is 35.1 Å². The molecule has 0 aliphatic carbocycles. The number of hydrogen-bond donors (Lipinski definition) is 3. The first-order chi connectivity index (χ1) is 13.0. The normalized spacial score (nSPS) is 11.4. The fraction of sp³-hybridized carbons (Fsp3) is 0.368. The molecule has 2 rings (SSSR count). The standard InChI is InChI=1S/C19H25Cl2N5O/c1-4-8-23-18(27)14-7-5-6-13(9-14)11-24-19(22-2)25-12-15-10-16(20)17(21)26(15)3/h5-7,9-10H,4,8,11-12H2,1-3H3,(H,23,27)(H2,22,24,25). The Morgan fingerprint density at radius 3 is 2.52 bits per heavy atom. The van der Waals surface area contributed by atoms with Gasteiger partial charge in [0.05, 0.1) is 11.6 Å². The number of aliphatic imine (C=N–C) groups is 1. The van der Waals surface area contributed by atoms with E-state index in [9.17, 15) is 4.79 Å². The number of benzene rings is 1. The van der Waals surface area contributed by atoms with Gasteiger partial charge in [0.25, 0.3) is 5.91 Å². The molecule has 0 fully saturated rings. The molecule has 0 saturated carbocycles. The van der Waals surface area contributed by atoms with E-state index >= 15 is 0 Å². The zero-order valence-electron chi connectivity index (χ0n) is 15.8. The molecular weight excluding hydrogens is 385 g/mol. The SMILES string of the molecule is CCCNC(=O)c1cccc(CNC(=NC)NCc2cc(Cl)c(Cl)n2C)c1. The van der Waals surface area contributed by atoms with Gasteiger partial charge < -0.3 is 20.5 Å². The second kappa shape index (κ2) is 10.2. The second-order valence-electron chi connectivity index (χ2n) is 6.07. The predicted octanol–water partition coefficient (Wildman–Crippen LogP) is 3.34. The fourth-order valence-electron chi connectivity index (χ4n) is 2.50. The molecule has 0 aliphatic rings. The molecule has 27 heavy (non-hydrogen) atoms. The van der Waals surface area contributed by atoms with Gasteiger partial charge in [-0.1, -0.05) is 42.3 Å². The summed E-state index contributed by atoms with van der Waals surface area (Å²) in [5.41, 5.74) is 2.59. The molecule has 8 heteroatoms. The summed E-state index contributed by atoms with van der Waals surface area (Å²) in [5.74, 6) is 0.586. The minimum atomic E-state index is -0.0568. The molecule has 2 aromatic rings. The van der Waals surface area contributed by atoms with Gasteiger partial charge in [-0.3, -0.25) is 9.79 Å². The van der Waals surface area contributed by atoms with Crippen LogP contribution in [0.5, 0.6) is 0 Å². The zero-order chi connectivity index (χ0) is 19.8. The molecular formula is C19H25Cl2N5O. The number of halogens is 2. The molecule has 0 unspecified atom stereocenters. The van der Waals surface area contributed by atoms with Gasteiger partial charge in [0.1, 0.15) is 5.15 Å². The summed E-state index contributed by atoms with van der Waals surface area (Å²) in [6, 6.07) is 9.35. The van der Waals surface area contributed by atoms with Gasteiger partial charge in [0, 0.05) is 38.4 Å². The van der Waals surface area contributed by atoms with Crippen LogP contribution in [0.1, 0.15) is 35.0 Å². The van der Waals surface area contributed by atoms with Crippen molar-refractivity contribution in [1.82, 2.24) is 20.5 Å². The Bertz CT molecular complexity index is 816. The van der Waals surface area contributed by atoms with E-state index in [0.29, 0.717) is 41.3 Å². The first-order valence-corrected chi connectivity index (χ1v) is 9.53. The topological polar surface area (TPSA) is 70.4 Å². The number of rotatable bonds is 7. The predicted molar refractivity (Wildman–Crippen MR) is 112 cm³/mol. The Hall–Kier alpha value is -2.18. The Balaban J connectivity index is 1.92. The molecule has 0 atom stereocenters. The first kappa shape index (κ1) is 21.1. The quantitative estimate of drug-likeness (QED) is 0.485. The Morgan fingerprint density at radius 1 is 1.15 bits per heavy atom. The van der Waals surface area contributed by atoms with E-state index in [4.69, 9.17) is 23.2 Å². The second-order valence-corrected chi connectivity index (χ2v) is 6.83. The third-order valence-corrected chi connectivity index (χ3v) is 4.90. The van der Waals surface area contributed by atoms with Crippen molar-refractivity contribution in [3.8, 4) is 0 Å². The maximum atomic E-state index is 12.1. The summed E-state index contributed by atoms with van der Waals surface area (Å²) >= 11 is 12.1. The number of hydrogen-bond acceptors (Lipinski definition) is 2. The minimum Gasteiger partial charge on any atom is -0.352 e. The number of nitrogens with zero attached hydrogens (tertiary/aromatic N) is 2. The van der Waals surface area contributed by atoms with Crippen molar-refractivity contribution in [3.05, 3.63) is 57.3 Å². The molecule has 6 nitrogen and oxygen atoms in total. The highest BCUT2D eigenvalue weighted by Crippen LogP contribution is 2.24. The van der Waals surface area contributed by atoms with E-state index in [1.54, 1.807) is 7.05 Å². The van der Waals surface area contributed by atoms with E-state index in [2.05, 4.69) is 20.9 Å². The summed E-state index contributed by atoms with van der Waals surface area (Å²) in [7, 11) is 3.56. The molecule has 0 aliphatic heterocycles. The van der Waals surface area contributed by atoms with Gasteiger partial charge >= 0.3 is 0 Å². The summed E-state index contributed by atoms with van der Waals surface area (Å²) < 4.78 is 1.82. The number of carbonyl (C=O) groups is 1. The lowest BCUT2D eigenvalue weighted by molar-refractivity contribution is 0.0953. The Labute approximate surface area is 170 Å². The molecule has 0 saturated heterocycles. The first-order valence-electron chi connectivity index (χ1n) is 8.77. The van der Waals surface area contributed by atoms with Crippen LogP contribution in [0, 0.1) is 0 Å². The highest BCUT2D eigenvalue weighted by molar-refractivity contribution is 6.41. The molecule has 3 N–H and O–H groups in total. The molecule has 146 valence electrons. The van der Waals surface area contributed by atoms with Gasteiger partial charge in [-0.05, 0) is 30.2 Å².